The molecule has 1 saturated carbocycles. The molecule has 0 atom stereocenters. The Morgan fingerprint density at radius 3 is 1.69 bits per heavy atom. The SMILES string of the molecule is C=C[P+](C=C)(C=C)C1CCCCC1. The molecule has 0 N–H and O–H groups in total. The molecule has 0 spiro atoms. The van der Waals surface area contributed by atoms with Crippen LogP contribution < -0.4 is 0 Å². The Hall–Kier alpha value is -0.350. The molecule has 0 aliphatic heterocycles. The van der Waals surface area contributed by atoms with Crippen LogP contribution in [0, 0.1) is 0 Å². The first-order valence-electron chi connectivity index (χ1n) is 5.07. The molecule has 0 saturated heterocycles. The van der Waals surface area contributed by atoms with Crippen LogP contribution in [0.2, 0.25) is 0 Å². The smallest absolute Gasteiger partial charge is 0.0632 e. The quantitative estimate of drug-likeness (QED) is 0.567. The summed E-state index contributed by atoms with van der Waals surface area (Å²) in [5, 5.41) is 0. The van der Waals surface area contributed by atoms with E-state index in [1.165, 1.54) is 32.1 Å². The van der Waals surface area contributed by atoms with Crippen LogP contribution in [-0.4, -0.2) is 5.66 Å². The topological polar surface area (TPSA) is 0 Å². The van der Waals surface area contributed by atoms with Crippen LogP contribution >= 0.6 is 7.26 Å². The van der Waals surface area contributed by atoms with E-state index in [1.807, 2.05) is 0 Å². The van der Waals surface area contributed by atoms with Gasteiger partial charge in [0.1, 0.15) is 0 Å². The predicted molar refractivity (Wildman–Crippen MR) is 64.4 cm³/mol. The number of rotatable bonds is 4. The van der Waals surface area contributed by atoms with E-state index >= 15 is 0 Å². The summed E-state index contributed by atoms with van der Waals surface area (Å²) in [4.78, 5) is 0. The molecule has 0 nitrogen and oxygen atoms in total. The second kappa shape index (κ2) is 4.77. The van der Waals surface area contributed by atoms with E-state index in [2.05, 4.69) is 37.2 Å². The molecule has 1 heteroatoms. The molecule has 1 fully saturated rings. The lowest BCUT2D eigenvalue weighted by Gasteiger charge is -2.28. The van der Waals surface area contributed by atoms with E-state index in [4.69, 9.17) is 0 Å². The van der Waals surface area contributed by atoms with Gasteiger partial charge in [0.25, 0.3) is 0 Å². The van der Waals surface area contributed by atoms with E-state index < -0.39 is 7.26 Å². The van der Waals surface area contributed by atoms with E-state index in [-0.39, 0.29) is 0 Å². The minimum Gasteiger partial charge on any atom is -0.0632 e. The van der Waals surface area contributed by atoms with E-state index in [1.54, 1.807) is 0 Å². The Kier molecular flexibility index (Phi) is 3.93. The zero-order valence-electron chi connectivity index (χ0n) is 8.41. The molecule has 0 aromatic carbocycles. The van der Waals surface area contributed by atoms with Crippen molar-refractivity contribution in [2.24, 2.45) is 0 Å². The van der Waals surface area contributed by atoms with Crippen molar-refractivity contribution in [1.82, 2.24) is 0 Å². The summed E-state index contributed by atoms with van der Waals surface area (Å²) in [6.07, 6.45) is 6.85. The van der Waals surface area contributed by atoms with Gasteiger partial charge in [0.2, 0.25) is 0 Å². The average molecular weight is 195 g/mol. The van der Waals surface area contributed by atoms with Gasteiger partial charge in [-0.15, -0.1) is 0 Å². The second-order valence-electron chi connectivity index (χ2n) is 3.73. The van der Waals surface area contributed by atoms with Crippen molar-refractivity contribution < 1.29 is 0 Å². The van der Waals surface area contributed by atoms with Crippen LogP contribution in [0.4, 0.5) is 0 Å². The molecule has 0 heterocycles. The zero-order chi connectivity index (χ0) is 9.73. The highest BCUT2D eigenvalue weighted by Crippen LogP contribution is 2.69. The van der Waals surface area contributed by atoms with Crippen molar-refractivity contribution in [2.45, 2.75) is 37.8 Å². The third-order valence-corrected chi connectivity index (χ3v) is 6.83. The van der Waals surface area contributed by atoms with Crippen molar-refractivity contribution in [1.29, 1.82) is 0 Å². The van der Waals surface area contributed by atoms with Gasteiger partial charge in [-0.25, -0.2) is 0 Å². The molecule has 13 heavy (non-hydrogen) atoms. The Balaban J connectivity index is 2.77. The summed E-state index contributed by atoms with van der Waals surface area (Å²) < 4.78 is 0. The van der Waals surface area contributed by atoms with Crippen molar-refractivity contribution in [3.8, 4) is 0 Å². The fourth-order valence-electron chi connectivity index (χ4n) is 2.20. The molecular weight excluding hydrogens is 175 g/mol. The Morgan fingerprint density at radius 2 is 1.31 bits per heavy atom. The molecule has 0 bridgehead atoms. The van der Waals surface area contributed by atoms with Crippen molar-refractivity contribution in [2.75, 3.05) is 0 Å². The molecule has 0 amide bonds. The molecule has 72 valence electrons. The molecule has 1 aliphatic rings. The highest BCUT2D eigenvalue weighted by Gasteiger charge is 2.38. The Labute approximate surface area is 82.8 Å². The lowest BCUT2D eigenvalue weighted by Crippen LogP contribution is -2.13. The fourth-order valence-corrected chi connectivity index (χ4v) is 4.80. The van der Waals surface area contributed by atoms with Gasteiger partial charge in [-0.05, 0) is 25.7 Å². The third-order valence-electron chi connectivity index (χ3n) is 3.16. The third kappa shape index (κ3) is 2.11. The van der Waals surface area contributed by atoms with Gasteiger partial charge in [-0.3, -0.25) is 0 Å². The standard InChI is InChI=1S/C12H20P/c1-4-13(5-2,6-3)12-10-8-7-9-11-12/h4-6,12H,1-3,7-11H2/q+1. The van der Waals surface area contributed by atoms with E-state index in [0.29, 0.717) is 0 Å². The van der Waals surface area contributed by atoms with Gasteiger partial charge in [-0.1, -0.05) is 26.2 Å². The van der Waals surface area contributed by atoms with Crippen LogP contribution in [0.25, 0.3) is 0 Å². The minimum absolute atomic E-state index is 0.800. The van der Waals surface area contributed by atoms with Gasteiger partial charge in [-0.2, -0.15) is 0 Å². The fraction of sp³-hybridized carbons (Fsp3) is 0.500. The maximum Gasteiger partial charge on any atom is 0.0904 e. The first-order chi connectivity index (χ1) is 6.29. The van der Waals surface area contributed by atoms with Crippen molar-refractivity contribution >= 4 is 7.26 Å². The van der Waals surface area contributed by atoms with Gasteiger partial charge < -0.3 is 0 Å². The molecule has 1 aliphatic carbocycles. The summed E-state index contributed by atoms with van der Waals surface area (Å²) in [5.74, 6) is 6.34. The van der Waals surface area contributed by atoms with Crippen molar-refractivity contribution in [3.63, 3.8) is 0 Å². The van der Waals surface area contributed by atoms with Crippen LogP contribution in [0.15, 0.2) is 37.2 Å². The Morgan fingerprint density at radius 1 is 0.846 bits per heavy atom. The summed E-state index contributed by atoms with van der Waals surface area (Å²) >= 11 is 0. The number of hydrogen-bond donors (Lipinski definition) is 0. The van der Waals surface area contributed by atoms with E-state index in [9.17, 15) is 0 Å². The summed E-state index contributed by atoms with van der Waals surface area (Å²) in [5.41, 5.74) is 0.800. The summed E-state index contributed by atoms with van der Waals surface area (Å²) in [6, 6.07) is 0. The lowest BCUT2D eigenvalue weighted by atomic mass is 10.0. The Bertz CT molecular complexity index is 177. The number of hydrogen-bond acceptors (Lipinski definition) is 0. The zero-order valence-corrected chi connectivity index (χ0v) is 9.31. The van der Waals surface area contributed by atoms with Crippen LogP contribution in [-0.2, 0) is 0 Å². The maximum atomic E-state index is 3.96. The highest BCUT2D eigenvalue weighted by molar-refractivity contribution is 7.84. The minimum atomic E-state index is -1.22. The first-order valence-corrected chi connectivity index (χ1v) is 7.14. The molecule has 0 radical (unpaired) electrons. The monoisotopic (exact) mass is 195 g/mol. The first kappa shape index (κ1) is 10.7. The van der Waals surface area contributed by atoms with Crippen LogP contribution in [0.3, 0.4) is 0 Å². The second-order valence-corrected chi connectivity index (χ2v) is 7.35. The van der Waals surface area contributed by atoms with Crippen LogP contribution in [0.5, 0.6) is 0 Å². The summed E-state index contributed by atoms with van der Waals surface area (Å²) in [7, 11) is -1.22. The largest absolute Gasteiger partial charge is 0.0904 e. The average Bonchev–Trinajstić information content (AvgIpc) is 2.23. The maximum absolute atomic E-state index is 3.96. The normalized spacial score (nSPS) is 19.4. The summed E-state index contributed by atoms with van der Waals surface area (Å²) in [6.45, 7) is 11.9. The molecule has 0 aromatic rings. The molecule has 0 unspecified atom stereocenters. The van der Waals surface area contributed by atoms with Gasteiger partial charge in [0.15, 0.2) is 0 Å². The lowest BCUT2D eigenvalue weighted by molar-refractivity contribution is 0.511. The van der Waals surface area contributed by atoms with Crippen LogP contribution in [0.1, 0.15) is 32.1 Å². The highest BCUT2D eigenvalue weighted by atomic mass is 31.2. The molecule has 1 rings (SSSR count). The van der Waals surface area contributed by atoms with Crippen molar-refractivity contribution in [3.05, 3.63) is 37.2 Å². The van der Waals surface area contributed by atoms with Gasteiger partial charge in [0.05, 0.1) is 30.4 Å². The molecule has 0 aromatic heterocycles. The van der Waals surface area contributed by atoms with Gasteiger partial charge >= 0.3 is 0 Å². The predicted octanol–water partition coefficient (Wildman–Crippen LogP) is 4.77. The van der Waals surface area contributed by atoms with E-state index in [0.717, 1.165) is 5.66 Å². The molecular formula is C12H20P+. The van der Waals surface area contributed by atoms with Gasteiger partial charge in [0, 0.05) is 0 Å².